The van der Waals surface area contributed by atoms with Crippen LogP contribution in [0.1, 0.15) is 115 Å². The van der Waals surface area contributed by atoms with Crippen molar-refractivity contribution in [1.29, 1.82) is 0 Å². The summed E-state index contributed by atoms with van der Waals surface area (Å²) in [6, 6.07) is 27.2. The van der Waals surface area contributed by atoms with Crippen molar-refractivity contribution >= 4 is 104 Å². The molecular weight excluding hydrogens is 679 g/mol. The fourth-order valence-corrected chi connectivity index (χ4v) is 11.1. The van der Waals surface area contributed by atoms with Gasteiger partial charge in [-0.25, -0.2) is 0 Å². The minimum absolute atomic E-state index is 0.0469. The molecule has 0 saturated heterocycles. The van der Waals surface area contributed by atoms with E-state index in [-0.39, 0.29) is 28.1 Å². The van der Waals surface area contributed by atoms with Gasteiger partial charge in [0.1, 0.15) is 31.4 Å². The fraction of sp³-hybridized carbons (Fsp3) is 0.404. The summed E-state index contributed by atoms with van der Waals surface area (Å²) in [7, 11) is 9.97. The van der Waals surface area contributed by atoms with Crippen molar-refractivity contribution in [3.8, 4) is 0 Å². The second-order valence-corrected chi connectivity index (χ2v) is 21.5. The topological polar surface area (TPSA) is 6.48 Å². The maximum Gasteiger partial charge on any atom is 0.264 e. The minimum Gasteiger partial charge on any atom is -0.353 e. The Bertz CT molecular complexity index is 2340. The normalized spacial score (nSPS) is 17.0. The van der Waals surface area contributed by atoms with Crippen molar-refractivity contribution in [2.45, 2.75) is 115 Å². The van der Waals surface area contributed by atoms with E-state index in [0.29, 0.717) is 11.8 Å². The average molecular weight is 738 g/mol. The summed E-state index contributed by atoms with van der Waals surface area (Å²) >= 11 is 2.03. The van der Waals surface area contributed by atoms with E-state index < -0.39 is 0 Å². The molecule has 3 aliphatic rings. The first-order valence-corrected chi connectivity index (χ1v) is 21.8. The molecule has 0 radical (unpaired) electrons. The van der Waals surface area contributed by atoms with Gasteiger partial charge < -0.3 is 9.80 Å². The van der Waals surface area contributed by atoms with Gasteiger partial charge in [0.05, 0.1) is 5.69 Å². The van der Waals surface area contributed by atoms with E-state index in [2.05, 4.69) is 183 Å². The van der Waals surface area contributed by atoms with Crippen LogP contribution in [0.2, 0.25) is 0 Å². The van der Waals surface area contributed by atoms with Crippen LogP contribution in [0, 0.1) is 5.92 Å². The molecule has 0 fully saturated rings. The van der Waals surface area contributed by atoms with Crippen LogP contribution >= 0.6 is 11.3 Å². The van der Waals surface area contributed by atoms with Crippen LogP contribution in [0.4, 0.5) is 28.4 Å². The standard InChI is InChI=1S/C47H59B5N2S/c1-11-13-28(12-2)14-15-29-22-37-40-38(23-29)54-42-35(46(48,49)47(54,50)51)24-30(27(3)4)25-36(42)52(40)43-41(34-26-32(45(8,9)10)18-21-39(34)55-43)53(37)33-19-16-31(17-20-33)44(5,6)7/h11,16-28H,1,12-15,48-51H2,2-10H3. The number of hydrogen-bond donors (Lipinski definition) is 0. The number of nitrogens with zero attached hydrogens (tertiary/aromatic N) is 2. The zero-order valence-electron chi connectivity index (χ0n) is 36.0. The van der Waals surface area contributed by atoms with Crippen molar-refractivity contribution in [2.75, 3.05) is 9.80 Å². The highest BCUT2D eigenvalue weighted by Crippen LogP contribution is 2.54. The summed E-state index contributed by atoms with van der Waals surface area (Å²) in [5, 5.41) is 1.19. The molecule has 4 aromatic carbocycles. The number of hydrogen-bond acceptors (Lipinski definition) is 3. The predicted molar refractivity (Wildman–Crippen MR) is 257 cm³/mol. The largest absolute Gasteiger partial charge is 0.353 e. The van der Waals surface area contributed by atoms with Crippen molar-refractivity contribution in [3.63, 3.8) is 0 Å². The van der Waals surface area contributed by atoms with Gasteiger partial charge in [0.2, 0.25) is 0 Å². The summed E-state index contributed by atoms with van der Waals surface area (Å²) in [5.74, 6) is 1.09. The lowest BCUT2D eigenvalue weighted by Gasteiger charge is -2.49. The van der Waals surface area contributed by atoms with Crippen LogP contribution in [0.15, 0.2) is 79.4 Å². The van der Waals surface area contributed by atoms with Crippen LogP contribution in [0.3, 0.4) is 0 Å². The fourth-order valence-electron chi connectivity index (χ4n) is 9.78. The van der Waals surface area contributed by atoms with Gasteiger partial charge in [-0.05, 0) is 122 Å². The van der Waals surface area contributed by atoms with E-state index in [1.807, 2.05) is 11.3 Å². The Balaban J connectivity index is 1.49. The molecule has 0 N–H and O–H groups in total. The number of aryl methyl sites for hydroxylation is 1. The third-order valence-corrected chi connectivity index (χ3v) is 15.3. The zero-order chi connectivity index (χ0) is 39.6. The molecule has 8 rings (SSSR count). The molecule has 3 aliphatic heterocycles. The number of anilines is 5. The first-order chi connectivity index (χ1) is 25.8. The van der Waals surface area contributed by atoms with Gasteiger partial charge >= 0.3 is 0 Å². The number of fused-ring (bicyclic) bond motifs is 6. The van der Waals surface area contributed by atoms with Crippen LogP contribution in [0.25, 0.3) is 10.1 Å². The maximum atomic E-state index is 4.11. The minimum atomic E-state index is -0.132. The lowest BCUT2D eigenvalue weighted by atomic mass is 9.33. The van der Waals surface area contributed by atoms with Crippen LogP contribution in [-0.4, -0.2) is 43.4 Å². The first kappa shape index (κ1) is 38.4. The number of thiophene rings is 1. The molecule has 2 nitrogen and oxygen atoms in total. The Morgan fingerprint density at radius 1 is 0.836 bits per heavy atom. The van der Waals surface area contributed by atoms with Crippen molar-refractivity contribution in [2.24, 2.45) is 5.92 Å². The Morgan fingerprint density at radius 2 is 1.49 bits per heavy atom. The second kappa shape index (κ2) is 13.0. The summed E-state index contributed by atoms with van der Waals surface area (Å²) in [4.78, 5) is 5.47. The van der Waals surface area contributed by atoms with Gasteiger partial charge in [0.25, 0.3) is 6.71 Å². The Labute approximate surface area is 340 Å². The molecule has 278 valence electrons. The lowest BCUT2D eigenvalue weighted by Crippen LogP contribution is -2.65. The molecule has 1 atom stereocenters. The van der Waals surface area contributed by atoms with E-state index in [4.69, 9.17) is 0 Å². The SMILES string of the molecule is BC1(B)c2cc(C(C)C)cc3c2N(c2cc(CCC(CC)CC=C)cc4c2B3c2sc3ccc(C(C)(C)C)cc3c2N4c2ccc(C(C)(C)C)cc2)C1(B)B. The first-order valence-electron chi connectivity index (χ1n) is 21.0. The average Bonchev–Trinajstić information content (AvgIpc) is 3.57. The van der Waals surface area contributed by atoms with E-state index in [9.17, 15) is 0 Å². The van der Waals surface area contributed by atoms with E-state index in [1.165, 1.54) is 94.9 Å². The molecule has 1 aromatic heterocycles. The van der Waals surface area contributed by atoms with Crippen molar-refractivity contribution in [3.05, 3.63) is 107 Å². The van der Waals surface area contributed by atoms with Crippen molar-refractivity contribution in [1.82, 2.24) is 0 Å². The highest BCUT2D eigenvalue weighted by atomic mass is 32.1. The van der Waals surface area contributed by atoms with E-state index in [1.54, 1.807) is 0 Å². The maximum absolute atomic E-state index is 4.11. The van der Waals surface area contributed by atoms with Gasteiger partial charge in [-0.2, -0.15) is 0 Å². The van der Waals surface area contributed by atoms with Crippen molar-refractivity contribution < 1.29 is 0 Å². The molecule has 8 heteroatoms. The Morgan fingerprint density at radius 3 is 2.11 bits per heavy atom. The molecule has 4 heterocycles. The van der Waals surface area contributed by atoms with E-state index in [0.717, 1.165) is 12.8 Å². The molecule has 0 amide bonds. The quantitative estimate of drug-likeness (QED) is 0.120. The van der Waals surface area contributed by atoms with Crippen LogP contribution < -0.4 is 25.5 Å². The Hall–Kier alpha value is -3.50. The lowest BCUT2D eigenvalue weighted by molar-refractivity contribution is 0.477. The zero-order valence-corrected chi connectivity index (χ0v) is 36.8. The summed E-state index contributed by atoms with van der Waals surface area (Å²) in [6.07, 6.45) is 6.60. The number of allylic oxidation sites excluding steroid dienone is 1. The van der Waals surface area contributed by atoms with Gasteiger partial charge in [-0.1, -0.05) is 110 Å². The third-order valence-electron chi connectivity index (χ3n) is 14.0. The van der Waals surface area contributed by atoms with E-state index >= 15 is 0 Å². The smallest absolute Gasteiger partial charge is 0.264 e. The molecule has 1 unspecified atom stereocenters. The summed E-state index contributed by atoms with van der Waals surface area (Å²) < 4.78 is 2.85. The number of rotatable bonds is 8. The van der Waals surface area contributed by atoms with Gasteiger partial charge in [-0.3, -0.25) is 0 Å². The molecule has 0 aliphatic carbocycles. The summed E-state index contributed by atoms with van der Waals surface area (Å²) in [6.45, 7) is 25.3. The molecule has 0 saturated carbocycles. The van der Waals surface area contributed by atoms with Gasteiger partial charge in [0.15, 0.2) is 0 Å². The monoisotopic (exact) mass is 738 g/mol. The van der Waals surface area contributed by atoms with Crippen LogP contribution in [0.5, 0.6) is 0 Å². The molecular formula is C47H59B5N2S. The highest BCUT2D eigenvalue weighted by molar-refractivity contribution is 7.33. The second-order valence-electron chi connectivity index (χ2n) is 20.4. The highest BCUT2D eigenvalue weighted by Gasteiger charge is 2.56. The predicted octanol–water partition coefficient (Wildman–Crippen LogP) is 7.26. The Kier molecular flexibility index (Phi) is 9.09. The number of benzene rings is 4. The molecule has 0 spiro atoms. The third kappa shape index (κ3) is 5.85. The molecule has 0 bridgehead atoms. The van der Waals surface area contributed by atoms with Crippen LogP contribution in [-0.2, 0) is 22.5 Å². The molecule has 5 aromatic rings. The van der Waals surface area contributed by atoms with Gasteiger partial charge in [0, 0.05) is 37.6 Å². The summed E-state index contributed by atoms with van der Waals surface area (Å²) in [5.41, 5.74) is 17.1. The van der Waals surface area contributed by atoms with Gasteiger partial charge in [-0.15, -0.1) is 17.9 Å². The molecule has 55 heavy (non-hydrogen) atoms.